The van der Waals surface area contributed by atoms with E-state index < -0.39 is 0 Å². The maximum Gasteiger partial charge on any atom is 1.00 e. The summed E-state index contributed by atoms with van der Waals surface area (Å²) >= 11 is 5.92. The van der Waals surface area contributed by atoms with E-state index in [1.54, 1.807) is 12.7 Å². The van der Waals surface area contributed by atoms with Crippen molar-refractivity contribution in [1.82, 2.24) is 10.2 Å². The Morgan fingerprint density at radius 1 is 0.764 bits per heavy atom. The van der Waals surface area contributed by atoms with Gasteiger partial charge in [0.2, 0.25) is 0 Å². The van der Waals surface area contributed by atoms with Crippen LogP contribution < -0.4 is 43.0 Å². The number of para-hydroxylation sites is 2. The second-order valence-corrected chi connectivity index (χ2v) is 15.1. The fraction of sp³-hybridized carbons (Fsp3) is 0.591. The molecule has 3 aliphatic rings. The van der Waals surface area contributed by atoms with Crippen LogP contribution in [0, 0.1) is 6.92 Å². The summed E-state index contributed by atoms with van der Waals surface area (Å²) in [5, 5.41) is 7.47. The molecule has 11 heteroatoms. The summed E-state index contributed by atoms with van der Waals surface area (Å²) in [4.78, 5) is 23.8. The molecule has 2 aromatic carbocycles. The Labute approximate surface area is 365 Å². The predicted molar refractivity (Wildman–Crippen MR) is 238 cm³/mol. The standard InChI is InChI=1S/C18H27N3.C14H20ClN.C4H8N2.C4H7N2.C4H9.2Li/c1-13(2)16-8-6-9-17(14(3)4)18(16)20-15(5)21-11-7-10-19-12-21;1-9(2)12-7-6-8-13(10(3)4)14(12)16-11(5)15;2*1-2-5-4-6-3-1;1-3-4-2;;/h6,8-9,12-14H,7,10-11H2,1-5H3;6-10H,1-5H3;4H,1-3H2,(H,5,6);4H,1-3H2;1,3-4H2,2H3;;/q;;;2*-1;2*+1. The van der Waals surface area contributed by atoms with E-state index in [1.807, 2.05) is 13.3 Å². The van der Waals surface area contributed by atoms with E-state index in [9.17, 15) is 0 Å². The van der Waals surface area contributed by atoms with E-state index in [0.717, 1.165) is 75.7 Å². The number of nitrogens with zero attached hydrogens (tertiary/aromatic N) is 7. The molecule has 0 radical (unpaired) electrons. The van der Waals surface area contributed by atoms with Crippen molar-refractivity contribution in [2.24, 2.45) is 25.0 Å². The number of amidine groups is 1. The minimum absolute atomic E-state index is 0. The molecule has 0 aliphatic carbocycles. The van der Waals surface area contributed by atoms with E-state index in [1.165, 1.54) is 35.1 Å². The molecule has 0 atom stereocenters. The second-order valence-electron chi connectivity index (χ2n) is 14.5. The fourth-order valence-electron chi connectivity index (χ4n) is 5.35. The number of benzene rings is 2. The third-order valence-electron chi connectivity index (χ3n) is 8.43. The van der Waals surface area contributed by atoms with Gasteiger partial charge in [0.05, 0.1) is 24.1 Å². The minimum Gasteiger partial charge on any atom is -0.472 e. The van der Waals surface area contributed by atoms with Crippen molar-refractivity contribution in [3.05, 3.63) is 70.9 Å². The van der Waals surface area contributed by atoms with Gasteiger partial charge >= 0.3 is 37.7 Å². The smallest absolute Gasteiger partial charge is 0.472 e. The van der Waals surface area contributed by atoms with Gasteiger partial charge < -0.3 is 27.4 Å². The summed E-state index contributed by atoms with van der Waals surface area (Å²) < 4.78 is 0. The van der Waals surface area contributed by atoms with Crippen molar-refractivity contribution in [2.45, 2.75) is 132 Å². The van der Waals surface area contributed by atoms with Crippen LogP contribution in [0.1, 0.15) is 154 Å². The van der Waals surface area contributed by atoms with Gasteiger partial charge in [-0.05, 0) is 72.6 Å². The Morgan fingerprint density at radius 2 is 1.24 bits per heavy atom. The maximum absolute atomic E-state index is 5.92. The van der Waals surface area contributed by atoms with Crippen molar-refractivity contribution in [1.29, 1.82) is 0 Å². The normalized spacial score (nSPS) is 14.7. The third kappa shape index (κ3) is 22.9. The van der Waals surface area contributed by atoms with E-state index >= 15 is 0 Å². The number of aliphatic imine (C=N–C) groups is 5. The van der Waals surface area contributed by atoms with Gasteiger partial charge in [0.1, 0.15) is 11.0 Å². The van der Waals surface area contributed by atoms with Gasteiger partial charge in [-0.1, -0.05) is 136 Å². The van der Waals surface area contributed by atoms with E-state index in [4.69, 9.17) is 16.6 Å². The molecule has 3 heterocycles. The maximum atomic E-state index is 5.92. The van der Waals surface area contributed by atoms with Gasteiger partial charge in [-0.2, -0.15) is 6.42 Å². The minimum atomic E-state index is 0. The summed E-state index contributed by atoms with van der Waals surface area (Å²) in [5.74, 6) is 2.92. The van der Waals surface area contributed by atoms with Crippen LogP contribution in [0.3, 0.4) is 0 Å². The first-order valence-electron chi connectivity index (χ1n) is 19.8. The molecule has 0 bridgehead atoms. The van der Waals surface area contributed by atoms with Crippen molar-refractivity contribution in [3.8, 4) is 0 Å². The van der Waals surface area contributed by atoms with Gasteiger partial charge in [-0.15, -0.1) is 6.34 Å². The summed E-state index contributed by atoms with van der Waals surface area (Å²) in [7, 11) is 0. The first-order chi connectivity index (χ1) is 25.3. The Balaban J connectivity index is 0. The molecule has 55 heavy (non-hydrogen) atoms. The summed E-state index contributed by atoms with van der Waals surface area (Å²) in [6.45, 7) is 33.3. The van der Waals surface area contributed by atoms with Crippen LogP contribution in [0.15, 0.2) is 61.4 Å². The SMILES string of the molecule is C1=NCCCN1.C1=NCCC[N-]1.CC(=Nc1c(C(C)C)cccc1C(C)C)N1C=NCCC1.CC(Cl)=Nc1c(C(C)C)cccc1C(C)C.[CH2-]CCC.[Li+].[Li+]. The molecule has 0 saturated carbocycles. The van der Waals surface area contributed by atoms with Crippen LogP contribution in [-0.2, 0) is 0 Å². The topological polar surface area (TPSA) is 91.2 Å². The summed E-state index contributed by atoms with van der Waals surface area (Å²) in [6, 6.07) is 12.9. The number of hydrogen-bond donors (Lipinski definition) is 1. The Hall–Kier alpha value is -2.33. The van der Waals surface area contributed by atoms with Gasteiger partial charge in [0.15, 0.2) is 0 Å². The van der Waals surface area contributed by atoms with E-state index in [0.29, 0.717) is 28.8 Å². The van der Waals surface area contributed by atoms with Gasteiger partial charge in [-0.25, -0.2) is 9.98 Å². The largest absolute Gasteiger partial charge is 1.00 e. The molecule has 0 saturated heterocycles. The van der Waals surface area contributed by atoms with Crippen LogP contribution >= 0.6 is 11.6 Å². The van der Waals surface area contributed by atoms with E-state index in [2.05, 4.69) is 148 Å². The molecule has 0 spiro atoms. The van der Waals surface area contributed by atoms with Gasteiger partial charge in [0, 0.05) is 26.2 Å². The molecular formula is C44H71ClLi2N8. The zero-order valence-electron chi connectivity index (χ0n) is 37.0. The average molecular weight is 761 g/mol. The van der Waals surface area contributed by atoms with Crippen LogP contribution in [-0.4, -0.2) is 74.2 Å². The van der Waals surface area contributed by atoms with Crippen molar-refractivity contribution < 1.29 is 37.7 Å². The van der Waals surface area contributed by atoms with Crippen molar-refractivity contribution in [3.63, 3.8) is 0 Å². The van der Waals surface area contributed by atoms with Gasteiger partial charge in [0.25, 0.3) is 0 Å². The Morgan fingerprint density at radius 3 is 1.49 bits per heavy atom. The summed E-state index contributed by atoms with van der Waals surface area (Å²) in [6.07, 6.45) is 11.0. The molecule has 0 aromatic heterocycles. The summed E-state index contributed by atoms with van der Waals surface area (Å²) in [5.41, 5.74) is 7.40. The average Bonchev–Trinajstić information content (AvgIpc) is 3.17. The number of rotatable bonds is 7. The fourth-order valence-corrected chi connectivity index (χ4v) is 5.43. The van der Waals surface area contributed by atoms with Crippen LogP contribution in [0.5, 0.6) is 0 Å². The van der Waals surface area contributed by atoms with Crippen molar-refractivity contribution in [2.75, 3.05) is 39.3 Å². The second kappa shape index (κ2) is 32.7. The molecule has 5 rings (SSSR count). The first kappa shape index (κ1) is 54.8. The molecular weight excluding hydrogens is 690 g/mol. The third-order valence-corrected chi connectivity index (χ3v) is 8.51. The van der Waals surface area contributed by atoms with Gasteiger partial charge in [-0.3, -0.25) is 9.98 Å². The zero-order valence-corrected chi connectivity index (χ0v) is 37.8. The molecule has 1 N–H and O–H groups in total. The molecule has 8 nitrogen and oxygen atoms in total. The zero-order chi connectivity index (χ0) is 39.6. The van der Waals surface area contributed by atoms with Crippen LogP contribution in [0.4, 0.5) is 11.4 Å². The number of hydrogen-bond acceptors (Lipinski definition) is 6. The first-order valence-corrected chi connectivity index (χ1v) is 20.2. The molecule has 0 fully saturated rings. The van der Waals surface area contributed by atoms with Crippen molar-refractivity contribution >= 4 is 53.0 Å². The molecule has 0 unspecified atom stereocenters. The molecule has 3 aliphatic heterocycles. The predicted octanol–water partition coefficient (Wildman–Crippen LogP) is 6.37. The Bertz CT molecular complexity index is 1360. The molecule has 2 aromatic rings. The number of unbranched alkanes of at least 4 members (excludes halogenated alkanes) is 1. The molecule has 296 valence electrons. The number of halogens is 1. The molecule has 0 amide bonds. The number of nitrogens with one attached hydrogen (secondary N) is 1. The van der Waals surface area contributed by atoms with E-state index in [-0.39, 0.29) is 37.7 Å². The van der Waals surface area contributed by atoms with Crippen LogP contribution in [0.2, 0.25) is 0 Å². The quantitative estimate of drug-likeness (QED) is 0.154. The monoisotopic (exact) mass is 761 g/mol. The Kier molecular flexibility index (Phi) is 32.6. The van der Waals surface area contributed by atoms with Crippen LogP contribution in [0.25, 0.3) is 5.32 Å².